The Kier molecular flexibility index (Phi) is 3.24. The molecule has 1 fully saturated rings. The normalized spacial score (nSPS) is 15.2. The molecule has 24 heavy (non-hydrogen) atoms. The largest absolute Gasteiger partial charge is 0.456 e. The monoisotopic (exact) mass is 324 g/mol. The summed E-state index contributed by atoms with van der Waals surface area (Å²) in [6.45, 7) is 0. The second-order valence-corrected chi connectivity index (χ2v) is 5.96. The SMILES string of the molecule is Cn1ncc2c(Oc3ccc(C4(C(=O)NO)CC4)cc3)ccnc21. The van der Waals surface area contributed by atoms with Gasteiger partial charge < -0.3 is 4.74 Å². The number of rotatable bonds is 4. The van der Waals surface area contributed by atoms with E-state index < -0.39 is 5.41 Å². The number of hydroxylamine groups is 1. The van der Waals surface area contributed by atoms with Crippen molar-refractivity contribution in [2.45, 2.75) is 18.3 Å². The van der Waals surface area contributed by atoms with Crippen LogP contribution in [0.15, 0.2) is 42.7 Å². The third kappa shape index (κ3) is 2.21. The molecule has 1 amide bonds. The smallest absolute Gasteiger partial charge is 0.253 e. The van der Waals surface area contributed by atoms with E-state index in [0.717, 1.165) is 29.4 Å². The van der Waals surface area contributed by atoms with Crippen LogP contribution in [0.3, 0.4) is 0 Å². The van der Waals surface area contributed by atoms with Crippen LogP contribution in [0.4, 0.5) is 0 Å². The number of nitrogens with one attached hydrogen (secondary N) is 1. The summed E-state index contributed by atoms with van der Waals surface area (Å²) in [4.78, 5) is 16.1. The van der Waals surface area contributed by atoms with Crippen molar-refractivity contribution in [1.82, 2.24) is 20.2 Å². The summed E-state index contributed by atoms with van der Waals surface area (Å²) < 4.78 is 7.63. The summed E-state index contributed by atoms with van der Waals surface area (Å²) >= 11 is 0. The number of aryl methyl sites for hydroxylation is 1. The number of pyridine rings is 1. The van der Waals surface area contributed by atoms with Crippen LogP contribution in [0.25, 0.3) is 11.0 Å². The number of hydrogen-bond acceptors (Lipinski definition) is 5. The number of ether oxygens (including phenoxy) is 1. The van der Waals surface area contributed by atoms with Crippen LogP contribution in [0.5, 0.6) is 11.5 Å². The maximum absolute atomic E-state index is 11.8. The van der Waals surface area contributed by atoms with Gasteiger partial charge in [0.1, 0.15) is 11.5 Å². The van der Waals surface area contributed by atoms with E-state index in [1.54, 1.807) is 28.6 Å². The lowest BCUT2D eigenvalue weighted by atomic mass is 9.95. The van der Waals surface area contributed by atoms with E-state index in [9.17, 15) is 4.79 Å². The topological polar surface area (TPSA) is 89.3 Å². The number of fused-ring (bicyclic) bond motifs is 1. The van der Waals surface area contributed by atoms with Crippen LogP contribution in [0.1, 0.15) is 18.4 Å². The van der Waals surface area contributed by atoms with Gasteiger partial charge in [0, 0.05) is 13.2 Å². The Balaban J connectivity index is 1.61. The van der Waals surface area contributed by atoms with E-state index in [1.807, 2.05) is 31.3 Å². The second kappa shape index (κ2) is 5.31. The molecular formula is C17H16N4O3. The highest BCUT2D eigenvalue weighted by Crippen LogP contribution is 2.48. The molecule has 0 radical (unpaired) electrons. The van der Waals surface area contributed by atoms with Crippen molar-refractivity contribution in [2.24, 2.45) is 7.05 Å². The summed E-state index contributed by atoms with van der Waals surface area (Å²) in [6.07, 6.45) is 4.87. The molecule has 0 atom stereocenters. The summed E-state index contributed by atoms with van der Waals surface area (Å²) in [6, 6.07) is 9.16. The Morgan fingerprint density at radius 2 is 2.04 bits per heavy atom. The minimum atomic E-state index is -0.597. The van der Waals surface area contributed by atoms with Gasteiger partial charge in [-0.1, -0.05) is 12.1 Å². The van der Waals surface area contributed by atoms with Crippen molar-refractivity contribution in [3.63, 3.8) is 0 Å². The summed E-state index contributed by atoms with van der Waals surface area (Å²) in [7, 11) is 1.83. The molecule has 1 saturated carbocycles. The molecule has 1 aliphatic carbocycles. The van der Waals surface area contributed by atoms with Crippen molar-refractivity contribution in [2.75, 3.05) is 0 Å². The Hall–Kier alpha value is -2.93. The molecule has 7 heteroatoms. The Morgan fingerprint density at radius 1 is 1.29 bits per heavy atom. The fourth-order valence-corrected chi connectivity index (χ4v) is 2.96. The van der Waals surface area contributed by atoms with E-state index in [4.69, 9.17) is 9.94 Å². The van der Waals surface area contributed by atoms with Crippen molar-refractivity contribution in [1.29, 1.82) is 0 Å². The number of carbonyl (C=O) groups excluding carboxylic acids is 1. The number of amides is 1. The van der Waals surface area contributed by atoms with Gasteiger partial charge in [0.2, 0.25) is 0 Å². The minimum absolute atomic E-state index is 0.359. The highest BCUT2D eigenvalue weighted by atomic mass is 16.5. The molecule has 7 nitrogen and oxygen atoms in total. The van der Waals surface area contributed by atoms with E-state index in [-0.39, 0.29) is 5.91 Å². The maximum atomic E-state index is 11.8. The lowest BCUT2D eigenvalue weighted by molar-refractivity contribution is -0.131. The van der Waals surface area contributed by atoms with Crippen molar-refractivity contribution < 1.29 is 14.7 Å². The van der Waals surface area contributed by atoms with Gasteiger partial charge in [0.25, 0.3) is 5.91 Å². The van der Waals surface area contributed by atoms with Crippen LogP contribution < -0.4 is 10.2 Å². The molecule has 1 aromatic carbocycles. The molecule has 1 aliphatic rings. The van der Waals surface area contributed by atoms with Crippen LogP contribution >= 0.6 is 0 Å². The highest BCUT2D eigenvalue weighted by molar-refractivity contribution is 5.90. The zero-order valence-electron chi connectivity index (χ0n) is 13.1. The molecule has 0 aliphatic heterocycles. The molecule has 3 aromatic rings. The number of hydrogen-bond donors (Lipinski definition) is 2. The first-order valence-corrected chi connectivity index (χ1v) is 7.64. The zero-order chi connectivity index (χ0) is 16.7. The summed E-state index contributed by atoms with van der Waals surface area (Å²) in [5.74, 6) is 0.979. The third-order valence-electron chi connectivity index (χ3n) is 4.52. The Bertz CT molecular complexity index is 913. The number of aromatic nitrogens is 3. The van der Waals surface area contributed by atoms with Crippen molar-refractivity contribution >= 4 is 16.9 Å². The first-order chi connectivity index (χ1) is 11.6. The van der Waals surface area contributed by atoms with Gasteiger partial charge >= 0.3 is 0 Å². The van der Waals surface area contributed by atoms with Crippen LogP contribution in [0.2, 0.25) is 0 Å². The van der Waals surface area contributed by atoms with Gasteiger partial charge in [-0.15, -0.1) is 0 Å². The van der Waals surface area contributed by atoms with E-state index in [2.05, 4.69) is 10.1 Å². The van der Waals surface area contributed by atoms with Crippen molar-refractivity contribution in [3.05, 3.63) is 48.3 Å². The molecule has 0 unspecified atom stereocenters. The molecule has 4 rings (SSSR count). The fraction of sp³-hybridized carbons (Fsp3) is 0.235. The second-order valence-electron chi connectivity index (χ2n) is 5.96. The van der Waals surface area contributed by atoms with Gasteiger partial charge in [0.15, 0.2) is 5.65 Å². The molecule has 2 aromatic heterocycles. The molecular weight excluding hydrogens is 308 g/mol. The van der Waals surface area contributed by atoms with Crippen LogP contribution in [-0.2, 0) is 17.3 Å². The van der Waals surface area contributed by atoms with Gasteiger partial charge in [-0.3, -0.25) is 14.7 Å². The Morgan fingerprint density at radius 3 is 2.71 bits per heavy atom. The predicted molar refractivity (Wildman–Crippen MR) is 85.9 cm³/mol. The third-order valence-corrected chi connectivity index (χ3v) is 4.52. The standard InChI is InChI=1S/C17H16N4O3/c1-21-15-13(10-19-21)14(6-9-18-15)24-12-4-2-11(3-5-12)17(7-8-17)16(22)20-23/h2-6,9-10,23H,7-8H2,1H3,(H,20,22). The number of nitrogens with zero attached hydrogens (tertiary/aromatic N) is 3. The zero-order valence-corrected chi connectivity index (χ0v) is 13.1. The van der Waals surface area contributed by atoms with E-state index in [1.165, 1.54) is 0 Å². The predicted octanol–water partition coefficient (Wildman–Crippen LogP) is 2.30. The van der Waals surface area contributed by atoms with Crippen LogP contribution in [-0.4, -0.2) is 25.9 Å². The summed E-state index contributed by atoms with van der Waals surface area (Å²) in [5.41, 5.74) is 2.79. The average Bonchev–Trinajstić information content (AvgIpc) is 3.34. The molecule has 0 bridgehead atoms. The lowest BCUT2D eigenvalue weighted by Crippen LogP contribution is -2.32. The Labute approximate surface area is 137 Å². The van der Waals surface area contributed by atoms with Gasteiger partial charge in [-0.05, 0) is 36.6 Å². The number of carbonyl (C=O) groups is 1. The molecule has 2 heterocycles. The maximum Gasteiger partial charge on any atom is 0.253 e. The molecule has 0 saturated heterocycles. The average molecular weight is 324 g/mol. The minimum Gasteiger partial charge on any atom is -0.456 e. The molecule has 0 spiro atoms. The molecule has 2 N–H and O–H groups in total. The first-order valence-electron chi connectivity index (χ1n) is 7.64. The van der Waals surface area contributed by atoms with Gasteiger partial charge in [0.05, 0.1) is 17.0 Å². The quantitative estimate of drug-likeness (QED) is 0.568. The van der Waals surface area contributed by atoms with Gasteiger partial charge in [-0.2, -0.15) is 5.10 Å². The van der Waals surface area contributed by atoms with E-state index in [0.29, 0.717) is 11.5 Å². The fourth-order valence-electron chi connectivity index (χ4n) is 2.96. The highest BCUT2D eigenvalue weighted by Gasteiger charge is 2.51. The number of benzene rings is 1. The first kappa shape index (κ1) is 14.6. The summed E-state index contributed by atoms with van der Waals surface area (Å²) in [5, 5.41) is 13.9. The molecule has 122 valence electrons. The van der Waals surface area contributed by atoms with Crippen molar-refractivity contribution in [3.8, 4) is 11.5 Å². The lowest BCUT2D eigenvalue weighted by Gasteiger charge is -2.14. The van der Waals surface area contributed by atoms with E-state index >= 15 is 0 Å². The van der Waals surface area contributed by atoms with Gasteiger partial charge in [-0.25, -0.2) is 10.5 Å². The van der Waals surface area contributed by atoms with Crippen LogP contribution in [0, 0.1) is 0 Å².